The first kappa shape index (κ1) is 13.1. The lowest BCUT2D eigenvalue weighted by atomic mass is 10.1. The van der Waals surface area contributed by atoms with Gasteiger partial charge in [-0.15, -0.1) is 0 Å². The Morgan fingerprint density at radius 2 is 1.95 bits per heavy atom. The van der Waals surface area contributed by atoms with Crippen molar-refractivity contribution in [3.05, 3.63) is 59.7 Å². The van der Waals surface area contributed by atoms with E-state index in [2.05, 4.69) is 5.32 Å². The highest BCUT2D eigenvalue weighted by atomic mass is 16.5. The summed E-state index contributed by atoms with van der Waals surface area (Å²) < 4.78 is 5.41. The van der Waals surface area contributed by atoms with Crippen LogP contribution in [0.1, 0.15) is 22.8 Å². The normalized spacial score (nSPS) is 10.0. The number of aryl methyl sites for hydroxylation is 1. The molecular formula is C16H17NO2. The molecule has 0 unspecified atom stereocenters. The summed E-state index contributed by atoms with van der Waals surface area (Å²) in [7, 11) is 0. The Balaban J connectivity index is 2.15. The molecular weight excluding hydrogens is 238 g/mol. The molecule has 0 radical (unpaired) electrons. The van der Waals surface area contributed by atoms with E-state index in [9.17, 15) is 4.79 Å². The lowest BCUT2D eigenvalue weighted by Gasteiger charge is -2.09. The molecule has 0 saturated heterocycles. The molecule has 1 amide bonds. The Labute approximate surface area is 113 Å². The fourth-order valence-electron chi connectivity index (χ4n) is 1.86. The van der Waals surface area contributed by atoms with Gasteiger partial charge in [0.15, 0.2) is 0 Å². The molecule has 0 saturated carbocycles. The Morgan fingerprint density at radius 1 is 1.16 bits per heavy atom. The zero-order valence-corrected chi connectivity index (χ0v) is 11.1. The highest BCUT2D eigenvalue weighted by Crippen LogP contribution is 2.18. The van der Waals surface area contributed by atoms with Gasteiger partial charge in [0.1, 0.15) is 5.75 Å². The second-order valence-electron chi connectivity index (χ2n) is 4.23. The van der Waals surface area contributed by atoms with Crippen LogP contribution in [0.15, 0.2) is 48.5 Å². The van der Waals surface area contributed by atoms with E-state index < -0.39 is 0 Å². The van der Waals surface area contributed by atoms with Gasteiger partial charge < -0.3 is 10.1 Å². The summed E-state index contributed by atoms with van der Waals surface area (Å²) >= 11 is 0. The van der Waals surface area contributed by atoms with Crippen molar-refractivity contribution in [3.8, 4) is 5.75 Å². The van der Waals surface area contributed by atoms with Crippen molar-refractivity contribution in [3.63, 3.8) is 0 Å². The third kappa shape index (κ3) is 3.35. The zero-order valence-electron chi connectivity index (χ0n) is 11.1. The minimum Gasteiger partial charge on any atom is -0.494 e. The van der Waals surface area contributed by atoms with E-state index in [1.165, 1.54) is 0 Å². The monoisotopic (exact) mass is 255 g/mol. The number of benzene rings is 2. The lowest BCUT2D eigenvalue weighted by Crippen LogP contribution is -2.13. The molecule has 2 rings (SSSR count). The fraction of sp³-hybridized carbons (Fsp3) is 0.188. The summed E-state index contributed by atoms with van der Waals surface area (Å²) in [4.78, 5) is 12.2. The first-order valence-corrected chi connectivity index (χ1v) is 6.30. The van der Waals surface area contributed by atoms with Crippen molar-refractivity contribution in [2.75, 3.05) is 11.9 Å². The average Bonchev–Trinajstić information content (AvgIpc) is 2.40. The van der Waals surface area contributed by atoms with Gasteiger partial charge in [-0.2, -0.15) is 0 Å². The first-order chi connectivity index (χ1) is 9.20. The molecule has 0 aliphatic carbocycles. The number of rotatable bonds is 4. The number of carbonyl (C=O) groups excluding carboxylic acids is 1. The van der Waals surface area contributed by atoms with Crippen molar-refractivity contribution in [2.45, 2.75) is 13.8 Å². The zero-order chi connectivity index (χ0) is 13.7. The van der Waals surface area contributed by atoms with Gasteiger partial charge in [-0.3, -0.25) is 4.79 Å². The molecule has 2 aromatic carbocycles. The molecule has 19 heavy (non-hydrogen) atoms. The Morgan fingerprint density at radius 3 is 2.68 bits per heavy atom. The van der Waals surface area contributed by atoms with Crippen LogP contribution in [0.4, 0.5) is 5.69 Å². The van der Waals surface area contributed by atoms with Crippen LogP contribution in [0.25, 0.3) is 0 Å². The molecule has 1 N–H and O–H groups in total. The molecule has 0 bridgehead atoms. The van der Waals surface area contributed by atoms with Gasteiger partial charge in [0.05, 0.1) is 6.61 Å². The van der Waals surface area contributed by atoms with Crippen LogP contribution in [0.5, 0.6) is 5.75 Å². The summed E-state index contributed by atoms with van der Waals surface area (Å²) in [5, 5.41) is 2.88. The summed E-state index contributed by atoms with van der Waals surface area (Å²) in [6.07, 6.45) is 0. The Bertz CT molecular complexity index is 578. The quantitative estimate of drug-likeness (QED) is 0.905. The molecule has 3 nitrogen and oxygen atoms in total. The van der Waals surface area contributed by atoms with E-state index in [1.807, 2.05) is 62.4 Å². The van der Waals surface area contributed by atoms with Crippen LogP contribution >= 0.6 is 0 Å². The Hall–Kier alpha value is -2.29. The second-order valence-corrected chi connectivity index (χ2v) is 4.23. The average molecular weight is 255 g/mol. The predicted molar refractivity (Wildman–Crippen MR) is 76.7 cm³/mol. The smallest absolute Gasteiger partial charge is 0.255 e. The van der Waals surface area contributed by atoms with Crippen LogP contribution in [-0.4, -0.2) is 12.5 Å². The highest BCUT2D eigenvalue weighted by molar-refractivity contribution is 6.05. The van der Waals surface area contributed by atoms with Crippen molar-refractivity contribution < 1.29 is 9.53 Å². The maximum atomic E-state index is 12.2. The van der Waals surface area contributed by atoms with Gasteiger partial charge in [0, 0.05) is 17.3 Å². The maximum Gasteiger partial charge on any atom is 0.255 e. The molecule has 0 fully saturated rings. The van der Waals surface area contributed by atoms with E-state index >= 15 is 0 Å². The Kier molecular flexibility index (Phi) is 4.18. The van der Waals surface area contributed by atoms with Crippen LogP contribution in [0.2, 0.25) is 0 Å². The summed E-state index contributed by atoms with van der Waals surface area (Å²) in [5.41, 5.74) is 2.38. The highest BCUT2D eigenvalue weighted by Gasteiger charge is 2.08. The molecule has 0 aromatic heterocycles. The summed E-state index contributed by atoms with van der Waals surface area (Å²) in [6, 6.07) is 14.9. The number of nitrogens with one attached hydrogen (secondary N) is 1. The number of hydrogen-bond acceptors (Lipinski definition) is 2. The molecule has 2 aromatic rings. The standard InChI is InChI=1S/C16H17NO2/c1-3-19-14-9-6-8-13(11-14)17-16(18)15-10-5-4-7-12(15)2/h4-11H,3H2,1-2H3,(H,17,18). The lowest BCUT2D eigenvalue weighted by molar-refractivity contribution is 0.102. The number of amides is 1. The van der Waals surface area contributed by atoms with E-state index in [4.69, 9.17) is 4.74 Å². The molecule has 0 spiro atoms. The van der Waals surface area contributed by atoms with Gasteiger partial charge >= 0.3 is 0 Å². The van der Waals surface area contributed by atoms with Crippen molar-refractivity contribution in [1.82, 2.24) is 0 Å². The third-order valence-electron chi connectivity index (χ3n) is 2.79. The van der Waals surface area contributed by atoms with Crippen molar-refractivity contribution in [2.24, 2.45) is 0 Å². The van der Waals surface area contributed by atoms with Gasteiger partial charge in [0.25, 0.3) is 5.91 Å². The largest absolute Gasteiger partial charge is 0.494 e. The third-order valence-corrected chi connectivity index (χ3v) is 2.79. The van der Waals surface area contributed by atoms with Gasteiger partial charge in [0.2, 0.25) is 0 Å². The molecule has 0 atom stereocenters. The molecule has 0 aliphatic heterocycles. The fourth-order valence-corrected chi connectivity index (χ4v) is 1.86. The maximum absolute atomic E-state index is 12.2. The predicted octanol–water partition coefficient (Wildman–Crippen LogP) is 3.65. The van der Waals surface area contributed by atoms with Gasteiger partial charge in [-0.1, -0.05) is 24.3 Å². The minimum absolute atomic E-state index is 0.105. The number of anilines is 1. The molecule has 0 heterocycles. The second kappa shape index (κ2) is 6.05. The van der Waals surface area contributed by atoms with Gasteiger partial charge in [-0.05, 0) is 37.6 Å². The van der Waals surface area contributed by atoms with E-state index in [-0.39, 0.29) is 5.91 Å². The number of ether oxygens (including phenoxy) is 1. The van der Waals surface area contributed by atoms with E-state index in [0.717, 1.165) is 17.0 Å². The number of hydrogen-bond donors (Lipinski definition) is 1. The summed E-state index contributed by atoms with van der Waals surface area (Å²) in [5.74, 6) is 0.650. The van der Waals surface area contributed by atoms with Crippen LogP contribution in [0, 0.1) is 6.92 Å². The van der Waals surface area contributed by atoms with Crippen molar-refractivity contribution >= 4 is 11.6 Å². The van der Waals surface area contributed by atoms with E-state index in [1.54, 1.807) is 0 Å². The van der Waals surface area contributed by atoms with Crippen LogP contribution in [-0.2, 0) is 0 Å². The first-order valence-electron chi connectivity index (χ1n) is 6.30. The minimum atomic E-state index is -0.105. The number of carbonyl (C=O) groups is 1. The van der Waals surface area contributed by atoms with Crippen LogP contribution < -0.4 is 10.1 Å². The van der Waals surface area contributed by atoms with E-state index in [0.29, 0.717) is 12.2 Å². The molecule has 3 heteroatoms. The SMILES string of the molecule is CCOc1cccc(NC(=O)c2ccccc2C)c1. The topological polar surface area (TPSA) is 38.3 Å². The van der Waals surface area contributed by atoms with Crippen LogP contribution in [0.3, 0.4) is 0 Å². The van der Waals surface area contributed by atoms with Gasteiger partial charge in [-0.25, -0.2) is 0 Å². The summed E-state index contributed by atoms with van der Waals surface area (Å²) in [6.45, 7) is 4.46. The van der Waals surface area contributed by atoms with Crippen molar-refractivity contribution in [1.29, 1.82) is 0 Å². The molecule has 0 aliphatic rings. The molecule has 98 valence electrons.